The molecule has 0 radical (unpaired) electrons. The number of nitrogens with zero attached hydrogens (tertiary/aromatic N) is 1. The highest BCUT2D eigenvalue weighted by atomic mass is 19.1. The third kappa shape index (κ3) is 4.16. The number of halogens is 1. The van der Waals surface area contributed by atoms with Gasteiger partial charge in [0.05, 0.1) is 12.3 Å². The predicted molar refractivity (Wildman–Crippen MR) is 113 cm³/mol. The minimum Gasteiger partial charge on any atom is -0.463 e. The summed E-state index contributed by atoms with van der Waals surface area (Å²) in [4.78, 5) is 12.1. The van der Waals surface area contributed by atoms with Crippen LogP contribution < -0.4 is 0 Å². The number of para-hydroxylation sites is 1. The van der Waals surface area contributed by atoms with Gasteiger partial charge in [-0.1, -0.05) is 43.7 Å². The van der Waals surface area contributed by atoms with Gasteiger partial charge in [0.25, 0.3) is 0 Å². The molecule has 3 rings (SSSR count). The Labute approximate surface area is 165 Å². The summed E-state index contributed by atoms with van der Waals surface area (Å²) in [6.07, 6.45) is 5.13. The zero-order valence-corrected chi connectivity index (χ0v) is 16.6. The summed E-state index contributed by atoms with van der Waals surface area (Å²) in [5, 5.41) is 1.07. The number of esters is 1. The van der Waals surface area contributed by atoms with E-state index in [-0.39, 0.29) is 17.8 Å². The van der Waals surface area contributed by atoms with Crippen molar-refractivity contribution >= 4 is 22.9 Å². The molecule has 3 nitrogen and oxygen atoms in total. The molecule has 2 aromatic carbocycles. The molecule has 0 fully saturated rings. The Morgan fingerprint density at radius 1 is 1.14 bits per heavy atom. The van der Waals surface area contributed by atoms with Crippen LogP contribution in [0.25, 0.3) is 28.1 Å². The Morgan fingerprint density at radius 3 is 2.54 bits per heavy atom. The molecule has 0 aliphatic carbocycles. The molecule has 1 aromatic heterocycles. The summed E-state index contributed by atoms with van der Waals surface area (Å²) in [5.74, 6) is -0.619. The fraction of sp³-hybridized carbons (Fsp3) is 0.292. The van der Waals surface area contributed by atoms with E-state index in [0.29, 0.717) is 6.61 Å². The minimum absolute atomic E-state index is 0.190. The number of carbonyl (C=O) groups excluding carboxylic acids is 1. The monoisotopic (exact) mass is 379 g/mol. The number of rotatable bonds is 7. The van der Waals surface area contributed by atoms with Crippen LogP contribution in [0.4, 0.5) is 4.39 Å². The molecule has 0 bridgehead atoms. The second-order valence-corrected chi connectivity index (χ2v) is 7.10. The van der Waals surface area contributed by atoms with Crippen molar-refractivity contribution in [1.82, 2.24) is 4.57 Å². The maximum Gasteiger partial charge on any atom is 0.330 e. The van der Waals surface area contributed by atoms with Gasteiger partial charge in [-0.25, -0.2) is 9.18 Å². The SMILES string of the molecule is CCCCOC(=O)/C=C/c1c(-c2ccc(F)cc2)c2ccccc2n1C(C)C. The lowest BCUT2D eigenvalue weighted by atomic mass is 10.0. The van der Waals surface area contributed by atoms with Crippen LogP contribution >= 0.6 is 0 Å². The minimum atomic E-state index is -0.348. The highest BCUT2D eigenvalue weighted by molar-refractivity contribution is 6.02. The first-order valence-corrected chi connectivity index (χ1v) is 9.76. The Hall–Kier alpha value is -2.88. The first-order valence-electron chi connectivity index (χ1n) is 9.76. The quantitative estimate of drug-likeness (QED) is 0.271. The molecule has 0 amide bonds. The number of unbranched alkanes of at least 4 members (excludes halogenated alkanes) is 1. The molecule has 0 saturated carbocycles. The summed E-state index contributed by atoms with van der Waals surface area (Å²) in [5.41, 5.74) is 3.89. The second kappa shape index (κ2) is 8.87. The third-order valence-electron chi connectivity index (χ3n) is 4.72. The summed E-state index contributed by atoms with van der Waals surface area (Å²) < 4.78 is 20.9. The Morgan fingerprint density at radius 2 is 1.86 bits per heavy atom. The molecule has 0 atom stereocenters. The Kier molecular flexibility index (Phi) is 6.30. The normalized spacial score (nSPS) is 11.6. The molecular formula is C24H26FNO2. The van der Waals surface area contributed by atoms with E-state index >= 15 is 0 Å². The standard InChI is InChI=1S/C24H26FNO2/c1-4-5-16-28-23(27)15-14-22-24(18-10-12-19(25)13-11-18)20-8-6-7-9-21(20)26(22)17(2)3/h6-15,17H,4-5,16H2,1-3H3/b15-14+. The van der Waals surface area contributed by atoms with E-state index in [1.165, 1.54) is 18.2 Å². The topological polar surface area (TPSA) is 31.2 Å². The number of ether oxygens (including phenoxy) is 1. The maximum absolute atomic E-state index is 13.5. The Balaban J connectivity index is 2.13. The van der Waals surface area contributed by atoms with E-state index in [2.05, 4.69) is 37.5 Å². The summed E-state index contributed by atoms with van der Waals surface area (Å²) in [7, 11) is 0. The van der Waals surface area contributed by atoms with Crippen molar-refractivity contribution in [3.8, 4) is 11.1 Å². The first kappa shape index (κ1) is 19.9. The van der Waals surface area contributed by atoms with Gasteiger partial charge in [0.1, 0.15) is 5.82 Å². The van der Waals surface area contributed by atoms with E-state index in [9.17, 15) is 9.18 Å². The molecule has 28 heavy (non-hydrogen) atoms. The van der Waals surface area contributed by atoms with Gasteiger partial charge >= 0.3 is 5.97 Å². The molecule has 4 heteroatoms. The maximum atomic E-state index is 13.5. The molecule has 3 aromatic rings. The molecule has 0 aliphatic rings. The van der Waals surface area contributed by atoms with Gasteiger partial charge in [0.15, 0.2) is 0 Å². The van der Waals surface area contributed by atoms with Gasteiger partial charge in [-0.05, 0) is 50.1 Å². The number of carbonyl (C=O) groups is 1. The fourth-order valence-electron chi connectivity index (χ4n) is 3.44. The largest absolute Gasteiger partial charge is 0.463 e. The van der Waals surface area contributed by atoms with Crippen LogP contribution in [-0.4, -0.2) is 17.1 Å². The van der Waals surface area contributed by atoms with Crippen LogP contribution in [0.1, 0.15) is 45.3 Å². The highest BCUT2D eigenvalue weighted by Gasteiger charge is 2.18. The molecule has 0 saturated heterocycles. The zero-order chi connectivity index (χ0) is 20.1. The zero-order valence-electron chi connectivity index (χ0n) is 16.6. The average Bonchev–Trinajstić information content (AvgIpc) is 3.01. The second-order valence-electron chi connectivity index (χ2n) is 7.10. The number of aromatic nitrogens is 1. The van der Waals surface area contributed by atoms with Gasteiger partial charge in [0, 0.05) is 28.6 Å². The highest BCUT2D eigenvalue weighted by Crippen LogP contribution is 2.37. The van der Waals surface area contributed by atoms with Crippen molar-refractivity contribution in [2.45, 2.75) is 39.7 Å². The van der Waals surface area contributed by atoms with E-state index < -0.39 is 0 Å². The van der Waals surface area contributed by atoms with Gasteiger partial charge in [-0.2, -0.15) is 0 Å². The number of fused-ring (bicyclic) bond motifs is 1. The van der Waals surface area contributed by atoms with Crippen molar-refractivity contribution < 1.29 is 13.9 Å². The van der Waals surface area contributed by atoms with E-state index in [1.807, 2.05) is 18.2 Å². The van der Waals surface area contributed by atoms with Crippen molar-refractivity contribution in [1.29, 1.82) is 0 Å². The van der Waals surface area contributed by atoms with Gasteiger partial charge in [0.2, 0.25) is 0 Å². The van der Waals surface area contributed by atoms with Crippen LogP contribution in [0.3, 0.4) is 0 Å². The summed E-state index contributed by atoms with van der Waals surface area (Å²) in [6.45, 7) is 6.70. The lowest BCUT2D eigenvalue weighted by Crippen LogP contribution is -2.05. The van der Waals surface area contributed by atoms with Crippen LogP contribution in [-0.2, 0) is 9.53 Å². The third-order valence-corrected chi connectivity index (χ3v) is 4.72. The van der Waals surface area contributed by atoms with Crippen molar-refractivity contribution in [2.24, 2.45) is 0 Å². The molecule has 0 spiro atoms. The fourth-order valence-corrected chi connectivity index (χ4v) is 3.44. The number of benzene rings is 2. The summed E-state index contributed by atoms with van der Waals surface area (Å²) >= 11 is 0. The van der Waals surface area contributed by atoms with E-state index in [1.54, 1.807) is 12.1 Å². The lowest BCUT2D eigenvalue weighted by molar-refractivity contribution is -0.137. The lowest BCUT2D eigenvalue weighted by Gasteiger charge is -2.13. The predicted octanol–water partition coefficient (Wildman–Crippen LogP) is 6.38. The van der Waals surface area contributed by atoms with Crippen LogP contribution in [0.2, 0.25) is 0 Å². The number of hydrogen-bond donors (Lipinski definition) is 0. The van der Waals surface area contributed by atoms with Crippen LogP contribution in [0, 0.1) is 5.82 Å². The van der Waals surface area contributed by atoms with E-state index in [4.69, 9.17) is 4.74 Å². The van der Waals surface area contributed by atoms with E-state index in [0.717, 1.165) is 40.6 Å². The average molecular weight is 379 g/mol. The van der Waals surface area contributed by atoms with Crippen molar-refractivity contribution in [2.75, 3.05) is 6.61 Å². The van der Waals surface area contributed by atoms with Crippen molar-refractivity contribution in [3.05, 3.63) is 66.1 Å². The molecule has 1 heterocycles. The smallest absolute Gasteiger partial charge is 0.330 e. The molecule has 0 N–H and O–H groups in total. The Bertz CT molecular complexity index is 984. The van der Waals surface area contributed by atoms with Gasteiger partial charge in [-0.15, -0.1) is 0 Å². The molecule has 146 valence electrons. The molecule has 0 unspecified atom stereocenters. The molecular weight excluding hydrogens is 353 g/mol. The van der Waals surface area contributed by atoms with Crippen LogP contribution in [0.5, 0.6) is 0 Å². The van der Waals surface area contributed by atoms with Crippen LogP contribution in [0.15, 0.2) is 54.6 Å². The number of hydrogen-bond acceptors (Lipinski definition) is 2. The first-order chi connectivity index (χ1) is 13.5. The summed E-state index contributed by atoms with van der Waals surface area (Å²) in [6, 6.07) is 14.8. The van der Waals surface area contributed by atoms with Crippen molar-refractivity contribution in [3.63, 3.8) is 0 Å². The van der Waals surface area contributed by atoms with Gasteiger partial charge in [-0.3, -0.25) is 0 Å². The van der Waals surface area contributed by atoms with Gasteiger partial charge < -0.3 is 9.30 Å². The molecule has 0 aliphatic heterocycles.